The van der Waals surface area contributed by atoms with Crippen molar-refractivity contribution in [2.45, 2.75) is 4.90 Å². The van der Waals surface area contributed by atoms with Crippen LogP contribution in [0.3, 0.4) is 0 Å². The van der Waals surface area contributed by atoms with Gasteiger partial charge in [0.05, 0.1) is 25.3 Å². The number of imide groups is 1. The number of fused-ring (bicyclic) bond motifs is 1. The first-order chi connectivity index (χ1) is 13.8. The molecule has 1 aliphatic heterocycles. The number of methoxy groups -OCH3 is 2. The number of ether oxygens (including phenoxy) is 2. The molecule has 1 heterocycles. The summed E-state index contributed by atoms with van der Waals surface area (Å²) < 4.78 is 37.1. The van der Waals surface area contributed by atoms with Crippen LogP contribution in [-0.4, -0.2) is 52.0 Å². The second kappa shape index (κ2) is 7.89. The molecule has 0 radical (unpaired) electrons. The summed E-state index contributed by atoms with van der Waals surface area (Å²) in [6.45, 7) is -0.823. The van der Waals surface area contributed by atoms with Gasteiger partial charge < -0.3 is 14.3 Å². The van der Waals surface area contributed by atoms with Crippen molar-refractivity contribution >= 4 is 27.8 Å². The number of carbonyl (C=O) groups excluding carboxylic acids is 3. The summed E-state index contributed by atoms with van der Waals surface area (Å²) in [5.41, 5.74) is 0.180. The standard InChI is InChI=1S/C18H16N2O8S/c1-26-11-7-8-14(27-2)15(9-11)29(24,25)19-10-16(21)28-20-17(22)12-5-3-4-6-13(12)18(20)23/h3-9,19H,10H2,1-2H3. The smallest absolute Gasteiger partial charge is 0.347 e. The van der Waals surface area contributed by atoms with Crippen LogP contribution in [0.1, 0.15) is 20.7 Å². The molecule has 1 N–H and O–H groups in total. The molecule has 152 valence electrons. The lowest BCUT2D eigenvalue weighted by Gasteiger charge is -2.14. The van der Waals surface area contributed by atoms with E-state index in [9.17, 15) is 22.8 Å². The molecule has 0 atom stereocenters. The molecule has 0 aromatic heterocycles. The number of hydrogen-bond donors (Lipinski definition) is 1. The van der Waals surface area contributed by atoms with Gasteiger partial charge in [0.15, 0.2) is 0 Å². The minimum Gasteiger partial charge on any atom is -0.497 e. The van der Waals surface area contributed by atoms with E-state index in [0.717, 1.165) is 0 Å². The molecule has 2 aromatic rings. The molecule has 11 heteroatoms. The predicted molar refractivity (Wildman–Crippen MR) is 97.8 cm³/mol. The molecule has 3 rings (SSSR count). The Morgan fingerprint density at radius 1 is 1.00 bits per heavy atom. The largest absolute Gasteiger partial charge is 0.497 e. The molecule has 0 saturated heterocycles. The summed E-state index contributed by atoms with van der Waals surface area (Å²) in [6, 6.07) is 10.1. The topological polar surface area (TPSA) is 128 Å². The van der Waals surface area contributed by atoms with Crippen LogP contribution < -0.4 is 14.2 Å². The summed E-state index contributed by atoms with van der Waals surface area (Å²) in [5.74, 6) is -2.47. The van der Waals surface area contributed by atoms with Gasteiger partial charge in [0, 0.05) is 6.07 Å². The van der Waals surface area contributed by atoms with Crippen LogP contribution in [0.2, 0.25) is 0 Å². The Bertz CT molecular complexity index is 1060. The van der Waals surface area contributed by atoms with E-state index in [4.69, 9.17) is 14.3 Å². The van der Waals surface area contributed by atoms with Crippen molar-refractivity contribution in [3.8, 4) is 11.5 Å². The zero-order valence-electron chi connectivity index (χ0n) is 15.4. The van der Waals surface area contributed by atoms with Gasteiger partial charge in [-0.3, -0.25) is 9.59 Å². The highest BCUT2D eigenvalue weighted by Crippen LogP contribution is 2.28. The number of hydrogen-bond acceptors (Lipinski definition) is 8. The fourth-order valence-electron chi connectivity index (χ4n) is 2.61. The van der Waals surface area contributed by atoms with E-state index in [1.165, 1.54) is 44.6 Å². The Balaban J connectivity index is 1.70. The lowest BCUT2D eigenvalue weighted by molar-refractivity contribution is -0.166. The molecule has 1 aliphatic rings. The second-order valence-corrected chi connectivity index (χ2v) is 7.49. The maximum Gasteiger partial charge on any atom is 0.347 e. The molecule has 0 spiro atoms. The van der Waals surface area contributed by atoms with Crippen molar-refractivity contribution in [3.63, 3.8) is 0 Å². The first kappa shape index (κ1) is 20.3. The average Bonchev–Trinajstić information content (AvgIpc) is 2.97. The number of benzene rings is 2. The Morgan fingerprint density at radius 3 is 2.17 bits per heavy atom. The quantitative estimate of drug-likeness (QED) is 0.650. The Hall–Kier alpha value is -3.44. The zero-order chi connectivity index (χ0) is 21.2. The molecular formula is C18H16N2O8S. The van der Waals surface area contributed by atoms with E-state index in [1.54, 1.807) is 12.1 Å². The molecule has 29 heavy (non-hydrogen) atoms. The number of carbonyl (C=O) groups is 3. The number of hydroxylamine groups is 2. The summed E-state index contributed by atoms with van der Waals surface area (Å²) in [4.78, 5) is 40.9. The van der Waals surface area contributed by atoms with Gasteiger partial charge in [-0.15, -0.1) is 0 Å². The van der Waals surface area contributed by atoms with E-state index in [-0.39, 0.29) is 27.5 Å². The number of nitrogens with one attached hydrogen (secondary N) is 1. The average molecular weight is 420 g/mol. The molecule has 2 amide bonds. The first-order valence-electron chi connectivity index (χ1n) is 8.19. The van der Waals surface area contributed by atoms with Gasteiger partial charge in [-0.25, -0.2) is 13.2 Å². The summed E-state index contributed by atoms with van der Waals surface area (Å²) >= 11 is 0. The first-order valence-corrected chi connectivity index (χ1v) is 9.67. The van der Waals surface area contributed by atoms with Crippen LogP contribution in [0.25, 0.3) is 0 Å². The summed E-state index contributed by atoms with van der Waals surface area (Å²) in [6.07, 6.45) is 0. The van der Waals surface area contributed by atoms with Crippen LogP contribution in [0, 0.1) is 0 Å². The van der Waals surface area contributed by atoms with Crippen molar-refractivity contribution in [2.75, 3.05) is 20.8 Å². The maximum atomic E-state index is 12.5. The Morgan fingerprint density at radius 2 is 1.62 bits per heavy atom. The highest BCUT2D eigenvalue weighted by molar-refractivity contribution is 7.89. The number of nitrogens with zero attached hydrogens (tertiary/aromatic N) is 1. The van der Waals surface area contributed by atoms with Crippen molar-refractivity contribution < 1.29 is 37.1 Å². The van der Waals surface area contributed by atoms with E-state index in [1.807, 2.05) is 4.72 Å². The van der Waals surface area contributed by atoms with Crippen LogP contribution in [-0.2, 0) is 19.7 Å². The number of amides is 2. The van der Waals surface area contributed by atoms with Crippen molar-refractivity contribution in [1.82, 2.24) is 9.79 Å². The highest BCUT2D eigenvalue weighted by Gasteiger charge is 2.38. The minimum absolute atomic E-state index is 0.0343. The maximum absolute atomic E-state index is 12.5. The molecule has 10 nitrogen and oxygen atoms in total. The normalized spacial score (nSPS) is 13.2. The van der Waals surface area contributed by atoms with Crippen LogP contribution in [0.4, 0.5) is 0 Å². The SMILES string of the molecule is COc1ccc(OC)c(S(=O)(=O)NCC(=O)ON2C(=O)c3ccccc3C2=O)c1. The Kier molecular flexibility index (Phi) is 5.52. The fraction of sp³-hybridized carbons (Fsp3) is 0.167. The summed E-state index contributed by atoms with van der Waals surface area (Å²) in [7, 11) is -1.53. The van der Waals surface area contributed by atoms with Gasteiger partial charge >= 0.3 is 5.97 Å². The van der Waals surface area contributed by atoms with Crippen molar-refractivity contribution in [3.05, 3.63) is 53.6 Å². The van der Waals surface area contributed by atoms with Crippen molar-refractivity contribution in [1.29, 1.82) is 0 Å². The third-order valence-corrected chi connectivity index (χ3v) is 5.44. The van der Waals surface area contributed by atoms with Crippen molar-refractivity contribution in [2.24, 2.45) is 0 Å². The number of sulfonamides is 1. The molecular weight excluding hydrogens is 404 g/mol. The zero-order valence-corrected chi connectivity index (χ0v) is 16.2. The molecule has 0 fully saturated rings. The monoisotopic (exact) mass is 420 g/mol. The fourth-order valence-corrected chi connectivity index (χ4v) is 3.76. The third kappa shape index (κ3) is 3.91. The third-order valence-electron chi connectivity index (χ3n) is 4.02. The minimum atomic E-state index is -4.19. The van der Waals surface area contributed by atoms with E-state index >= 15 is 0 Å². The second-order valence-electron chi connectivity index (χ2n) is 5.75. The summed E-state index contributed by atoms with van der Waals surface area (Å²) in [5, 5.41) is 0.299. The van der Waals surface area contributed by atoms with Gasteiger partial charge in [0.25, 0.3) is 11.8 Å². The molecule has 0 unspecified atom stereocenters. The lowest BCUT2D eigenvalue weighted by atomic mass is 10.1. The molecule has 0 aliphatic carbocycles. The van der Waals surface area contributed by atoms with E-state index in [0.29, 0.717) is 5.06 Å². The molecule has 0 bridgehead atoms. The highest BCUT2D eigenvalue weighted by atomic mass is 32.2. The van der Waals surface area contributed by atoms with Gasteiger partial charge in [0.1, 0.15) is 22.9 Å². The van der Waals surface area contributed by atoms with Gasteiger partial charge in [-0.05, 0) is 24.3 Å². The van der Waals surface area contributed by atoms with Gasteiger partial charge in [-0.2, -0.15) is 4.72 Å². The van der Waals surface area contributed by atoms with Crippen LogP contribution >= 0.6 is 0 Å². The van der Waals surface area contributed by atoms with Gasteiger partial charge in [-0.1, -0.05) is 17.2 Å². The predicted octanol–water partition coefficient (Wildman–Crippen LogP) is 0.736. The van der Waals surface area contributed by atoms with Crippen LogP contribution in [0.15, 0.2) is 47.4 Å². The van der Waals surface area contributed by atoms with Crippen LogP contribution in [0.5, 0.6) is 11.5 Å². The van der Waals surface area contributed by atoms with Gasteiger partial charge in [0.2, 0.25) is 10.0 Å². The molecule has 0 saturated carbocycles. The Labute approximate surface area is 166 Å². The molecule has 2 aromatic carbocycles. The van der Waals surface area contributed by atoms with E-state index in [2.05, 4.69) is 0 Å². The lowest BCUT2D eigenvalue weighted by Crippen LogP contribution is -2.38. The van der Waals surface area contributed by atoms with E-state index < -0.39 is 34.4 Å². The number of rotatable bonds is 7.